The van der Waals surface area contributed by atoms with E-state index in [-0.39, 0.29) is 16.3 Å². The number of nitrogens with zero attached hydrogens (tertiary/aromatic N) is 5. The van der Waals surface area contributed by atoms with Crippen molar-refractivity contribution in [3.63, 3.8) is 0 Å². The van der Waals surface area contributed by atoms with E-state index in [1.807, 2.05) is 0 Å². The first-order chi connectivity index (χ1) is 12.3. The number of benzene rings is 2. The highest BCUT2D eigenvalue weighted by Gasteiger charge is 2.24. The quantitative estimate of drug-likeness (QED) is 0.376. The van der Waals surface area contributed by atoms with Crippen LogP contribution >= 0.6 is 0 Å². The van der Waals surface area contributed by atoms with Gasteiger partial charge in [-0.1, -0.05) is 6.07 Å². The minimum absolute atomic E-state index is 0.0292. The summed E-state index contributed by atoms with van der Waals surface area (Å²) in [4.78, 5) is 10.1. The molecule has 1 aromatic heterocycles. The third-order valence-electron chi connectivity index (χ3n) is 3.72. The van der Waals surface area contributed by atoms with Crippen molar-refractivity contribution >= 4 is 15.8 Å². The van der Waals surface area contributed by atoms with Gasteiger partial charge in [-0.2, -0.15) is 8.42 Å². The molecule has 10 nitrogen and oxygen atoms in total. The molecule has 0 amide bonds. The fourth-order valence-corrected chi connectivity index (χ4v) is 3.55. The Hall–Kier alpha value is -3.34. The van der Waals surface area contributed by atoms with E-state index in [1.54, 1.807) is 26.0 Å². The Balaban J connectivity index is 2.00. The summed E-state index contributed by atoms with van der Waals surface area (Å²) in [6.45, 7) is 3.16. The van der Waals surface area contributed by atoms with E-state index in [0.29, 0.717) is 16.8 Å². The van der Waals surface area contributed by atoms with Crippen LogP contribution in [0.5, 0.6) is 5.75 Å². The second-order valence-electron chi connectivity index (χ2n) is 5.43. The molecular formula is C15H13N5O5S. The van der Waals surface area contributed by atoms with Crippen LogP contribution in [0.25, 0.3) is 5.69 Å². The molecule has 1 heterocycles. The molecule has 3 aromatic rings. The van der Waals surface area contributed by atoms with Gasteiger partial charge in [0.2, 0.25) is 0 Å². The van der Waals surface area contributed by atoms with Gasteiger partial charge in [0.15, 0.2) is 0 Å². The summed E-state index contributed by atoms with van der Waals surface area (Å²) in [5, 5.41) is 21.8. The van der Waals surface area contributed by atoms with Crippen molar-refractivity contribution in [1.82, 2.24) is 20.2 Å². The fraction of sp³-hybridized carbons (Fsp3) is 0.133. The number of nitro groups is 1. The van der Waals surface area contributed by atoms with E-state index >= 15 is 0 Å². The predicted octanol–water partition coefficient (Wildman–Crippen LogP) is 1.96. The molecule has 0 saturated carbocycles. The van der Waals surface area contributed by atoms with E-state index in [9.17, 15) is 18.5 Å². The van der Waals surface area contributed by atoms with Crippen molar-refractivity contribution in [2.45, 2.75) is 18.7 Å². The molecule has 11 heteroatoms. The molecule has 0 aliphatic heterocycles. The molecule has 0 aliphatic carbocycles. The Bertz CT molecular complexity index is 1080. The summed E-state index contributed by atoms with van der Waals surface area (Å²) in [6, 6.07) is 8.43. The third kappa shape index (κ3) is 3.37. The van der Waals surface area contributed by atoms with E-state index in [1.165, 1.54) is 29.2 Å². The third-order valence-corrected chi connectivity index (χ3v) is 5.10. The smallest absolute Gasteiger partial charge is 0.339 e. The number of aryl methyl sites for hydroxylation is 1. The summed E-state index contributed by atoms with van der Waals surface area (Å²) in [5.74, 6) is 0.0292. The lowest BCUT2D eigenvalue weighted by Gasteiger charge is -2.11. The topological polar surface area (TPSA) is 130 Å². The molecule has 0 atom stereocenters. The van der Waals surface area contributed by atoms with Gasteiger partial charge in [-0.3, -0.25) is 10.1 Å². The normalized spacial score (nSPS) is 11.3. The van der Waals surface area contributed by atoms with E-state index in [0.717, 1.165) is 6.07 Å². The lowest BCUT2D eigenvalue weighted by molar-refractivity contribution is -0.385. The van der Waals surface area contributed by atoms with Gasteiger partial charge < -0.3 is 4.18 Å². The number of rotatable bonds is 5. The average molecular weight is 375 g/mol. The summed E-state index contributed by atoms with van der Waals surface area (Å²) < 4.78 is 31.8. The zero-order valence-corrected chi connectivity index (χ0v) is 14.5. The minimum Gasteiger partial charge on any atom is -0.379 e. The van der Waals surface area contributed by atoms with Crippen molar-refractivity contribution in [3.8, 4) is 11.4 Å². The highest BCUT2D eigenvalue weighted by molar-refractivity contribution is 7.87. The Labute approximate surface area is 148 Å². The van der Waals surface area contributed by atoms with Crippen LogP contribution in [0, 0.1) is 24.0 Å². The summed E-state index contributed by atoms with van der Waals surface area (Å²) in [5.41, 5.74) is 1.03. The Morgan fingerprint density at radius 3 is 2.62 bits per heavy atom. The summed E-state index contributed by atoms with van der Waals surface area (Å²) in [6.07, 6.45) is 1.35. The lowest BCUT2D eigenvalue weighted by Crippen LogP contribution is -2.13. The fourth-order valence-electron chi connectivity index (χ4n) is 2.30. The highest BCUT2D eigenvalue weighted by atomic mass is 32.2. The Morgan fingerprint density at radius 2 is 1.96 bits per heavy atom. The SMILES string of the molecule is Cc1cc([N+](=O)[O-])cc(S(=O)(=O)Oc2cccc(-n3cnnn3)c2)c1C. The average Bonchev–Trinajstić information content (AvgIpc) is 3.11. The van der Waals surface area contributed by atoms with Crippen LogP contribution in [-0.4, -0.2) is 33.5 Å². The summed E-state index contributed by atoms with van der Waals surface area (Å²) >= 11 is 0. The predicted molar refractivity (Wildman–Crippen MR) is 89.5 cm³/mol. The minimum atomic E-state index is -4.27. The molecule has 134 valence electrons. The van der Waals surface area contributed by atoms with Gasteiger partial charge >= 0.3 is 10.1 Å². The highest BCUT2D eigenvalue weighted by Crippen LogP contribution is 2.28. The Morgan fingerprint density at radius 1 is 1.19 bits per heavy atom. The standard InChI is InChI=1S/C15H13N5O5S/c1-10-6-13(20(21)22)8-15(11(10)2)26(23,24)25-14-5-3-4-12(7-14)19-9-16-17-18-19/h3-9H,1-2H3. The second-order valence-corrected chi connectivity index (χ2v) is 6.95. The molecule has 3 rings (SSSR count). The first-order valence-electron chi connectivity index (χ1n) is 7.31. The zero-order valence-electron chi connectivity index (χ0n) is 13.7. The van der Waals surface area contributed by atoms with Crippen molar-refractivity contribution in [2.24, 2.45) is 0 Å². The Kier molecular flexibility index (Phi) is 4.38. The van der Waals surface area contributed by atoms with Crippen LogP contribution in [0.1, 0.15) is 11.1 Å². The summed E-state index contributed by atoms with van der Waals surface area (Å²) in [7, 11) is -4.27. The van der Waals surface area contributed by atoms with Crippen LogP contribution < -0.4 is 4.18 Å². The first-order valence-corrected chi connectivity index (χ1v) is 8.72. The number of tetrazole rings is 1. The van der Waals surface area contributed by atoms with Crippen LogP contribution in [0.4, 0.5) is 5.69 Å². The molecule has 0 bridgehead atoms. The monoisotopic (exact) mass is 375 g/mol. The molecule has 0 unspecified atom stereocenters. The maximum atomic E-state index is 12.7. The molecule has 0 N–H and O–H groups in total. The number of aromatic nitrogens is 4. The van der Waals surface area contributed by atoms with Crippen molar-refractivity contribution in [1.29, 1.82) is 0 Å². The number of non-ortho nitro benzene ring substituents is 1. The van der Waals surface area contributed by atoms with E-state index < -0.39 is 15.0 Å². The van der Waals surface area contributed by atoms with Crippen LogP contribution in [-0.2, 0) is 10.1 Å². The van der Waals surface area contributed by atoms with Crippen molar-refractivity contribution < 1.29 is 17.5 Å². The van der Waals surface area contributed by atoms with Crippen molar-refractivity contribution in [3.05, 3.63) is 64.0 Å². The number of hydrogen-bond acceptors (Lipinski definition) is 8. The van der Waals surface area contributed by atoms with E-state index in [2.05, 4.69) is 15.5 Å². The molecule has 0 aliphatic rings. The van der Waals surface area contributed by atoms with Crippen molar-refractivity contribution in [2.75, 3.05) is 0 Å². The molecule has 0 radical (unpaired) electrons. The van der Waals surface area contributed by atoms with Gasteiger partial charge in [-0.05, 0) is 47.5 Å². The molecule has 0 fully saturated rings. The number of hydrogen-bond donors (Lipinski definition) is 0. The zero-order chi connectivity index (χ0) is 18.9. The van der Waals surface area contributed by atoms with Gasteiger partial charge in [0.1, 0.15) is 17.0 Å². The van der Waals surface area contributed by atoms with Crippen LogP contribution in [0.3, 0.4) is 0 Å². The maximum absolute atomic E-state index is 12.7. The lowest BCUT2D eigenvalue weighted by atomic mass is 10.1. The van der Waals surface area contributed by atoms with Gasteiger partial charge in [0, 0.05) is 18.2 Å². The van der Waals surface area contributed by atoms with Gasteiger partial charge in [0.25, 0.3) is 5.69 Å². The molecule has 26 heavy (non-hydrogen) atoms. The first kappa shape index (κ1) is 17.5. The molecule has 0 saturated heterocycles. The molecule has 0 spiro atoms. The maximum Gasteiger partial charge on any atom is 0.339 e. The van der Waals surface area contributed by atoms with E-state index in [4.69, 9.17) is 4.18 Å². The molecule has 2 aromatic carbocycles. The van der Waals surface area contributed by atoms with Gasteiger partial charge in [0.05, 0.1) is 10.6 Å². The van der Waals surface area contributed by atoms with Gasteiger partial charge in [-0.15, -0.1) is 5.10 Å². The van der Waals surface area contributed by atoms with Crippen LogP contribution in [0.2, 0.25) is 0 Å². The van der Waals surface area contributed by atoms with Gasteiger partial charge in [-0.25, -0.2) is 4.68 Å². The van der Waals surface area contributed by atoms with Crippen LogP contribution in [0.15, 0.2) is 47.6 Å². The largest absolute Gasteiger partial charge is 0.379 e. The molecular weight excluding hydrogens is 362 g/mol. The second kappa shape index (κ2) is 6.52. The number of nitro benzene ring substituents is 1.